The van der Waals surface area contributed by atoms with Gasteiger partial charge < -0.3 is 20.1 Å². The third-order valence-corrected chi connectivity index (χ3v) is 5.25. The fraction of sp³-hybridized carbons (Fsp3) is 0.632. The van der Waals surface area contributed by atoms with E-state index in [2.05, 4.69) is 22.5 Å². The van der Waals surface area contributed by atoms with Gasteiger partial charge in [-0.3, -0.25) is 9.20 Å². The van der Waals surface area contributed by atoms with E-state index in [4.69, 9.17) is 9.47 Å². The molecule has 27 heavy (non-hydrogen) atoms. The van der Waals surface area contributed by atoms with Crippen LogP contribution in [-0.2, 0) is 26.0 Å². The number of ether oxygens (including phenoxy) is 2. The molecule has 0 bridgehead atoms. The Morgan fingerprint density at radius 2 is 2.19 bits per heavy atom. The van der Waals surface area contributed by atoms with Crippen molar-refractivity contribution < 1.29 is 13.7 Å². The highest BCUT2D eigenvalue weighted by Crippen LogP contribution is 2.08. The van der Waals surface area contributed by atoms with Crippen molar-refractivity contribution in [3.63, 3.8) is 0 Å². The van der Waals surface area contributed by atoms with Crippen molar-refractivity contribution in [2.45, 2.75) is 38.2 Å². The third-order valence-electron chi connectivity index (χ3n) is 3.96. The van der Waals surface area contributed by atoms with Gasteiger partial charge in [-0.1, -0.05) is 30.3 Å². The maximum Gasteiger partial charge on any atom is 0.191 e. The highest BCUT2D eigenvalue weighted by molar-refractivity contribution is 14.0. The van der Waals surface area contributed by atoms with Crippen LogP contribution in [0.25, 0.3) is 0 Å². The Kier molecular flexibility index (Phi) is 12.9. The van der Waals surface area contributed by atoms with Gasteiger partial charge in [-0.15, -0.1) is 24.0 Å². The molecule has 6 nitrogen and oxygen atoms in total. The second-order valence-electron chi connectivity index (χ2n) is 6.40. The molecule has 1 aliphatic rings. The van der Waals surface area contributed by atoms with Crippen molar-refractivity contribution in [2.24, 2.45) is 4.99 Å². The number of rotatable bonds is 10. The van der Waals surface area contributed by atoms with Crippen molar-refractivity contribution in [3.05, 3.63) is 35.9 Å². The van der Waals surface area contributed by atoms with E-state index >= 15 is 0 Å². The number of halogens is 1. The normalized spacial score (nSPS) is 19.2. The van der Waals surface area contributed by atoms with Crippen LogP contribution in [0.2, 0.25) is 0 Å². The van der Waals surface area contributed by atoms with Crippen LogP contribution in [0.1, 0.15) is 25.8 Å². The Bertz CT molecular complexity index is 569. The summed E-state index contributed by atoms with van der Waals surface area (Å²) in [6.07, 6.45) is 1.17. The van der Waals surface area contributed by atoms with E-state index in [1.54, 1.807) is 0 Å². The number of nitrogens with one attached hydrogen (secondary N) is 2. The van der Waals surface area contributed by atoms with E-state index in [1.165, 1.54) is 0 Å². The number of guanidine groups is 1. The molecule has 3 unspecified atom stereocenters. The highest BCUT2D eigenvalue weighted by Gasteiger charge is 2.17. The predicted molar refractivity (Wildman–Crippen MR) is 122 cm³/mol. The first kappa shape index (κ1) is 24.3. The second-order valence-corrected chi connectivity index (χ2v) is 7.98. The number of nitrogens with zero attached hydrogens (tertiary/aromatic N) is 1. The van der Waals surface area contributed by atoms with Crippen molar-refractivity contribution in [3.8, 4) is 0 Å². The molecule has 2 N–H and O–H groups in total. The van der Waals surface area contributed by atoms with Crippen molar-refractivity contribution >= 4 is 40.7 Å². The minimum absolute atomic E-state index is 0. The average molecular weight is 509 g/mol. The molecule has 0 aliphatic carbocycles. The van der Waals surface area contributed by atoms with Gasteiger partial charge >= 0.3 is 0 Å². The van der Waals surface area contributed by atoms with Gasteiger partial charge in [-0.2, -0.15) is 0 Å². The summed E-state index contributed by atoms with van der Waals surface area (Å²) in [6, 6.07) is 10.1. The number of aliphatic imine (C=N–C) groups is 1. The van der Waals surface area contributed by atoms with Crippen LogP contribution in [0.5, 0.6) is 0 Å². The fourth-order valence-electron chi connectivity index (χ4n) is 2.61. The molecule has 1 aromatic carbocycles. The molecule has 0 amide bonds. The molecule has 154 valence electrons. The Balaban J connectivity index is 0.00000364. The first-order valence-corrected chi connectivity index (χ1v) is 10.8. The van der Waals surface area contributed by atoms with E-state index in [9.17, 15) is 4.21 Å². The Morgan fingerprint density at radius 1 is 1.41 bits per heavy atom. The lowest BCUT2D eigenvalue weighted by Gasteiger charge is -2.19. The van der Waals surface area contributed by atoms with E-state index < -0.39 is 10.8 Å². The number of benzene rings is 1. The molecule has 3 atom stereocenters. The van der Waals surface area contributed by atoms with Gasteiger partial charge in [-0.05, 0) is 25.8 Å². The number of hydrogen-bond donors (Lipinski definition) is 2. The highest BCUT2D eigenvalue weighted by atomic mass is 127. The molecular weight excluding hydrogens is 477 g/mol. The van der Waals surface area contributed by atoms with Gasteiger partial charge in [0.05, 0.1) is 25.9 Å². The van der Waals surface area contributed by atoms with Gasteiger partial charge in [0.1, 0.15) is 0 Å². The lowest BCUT2D eigenvalue weighted by atomic mass is 10.2. The molecule has 1 aromatic rings. The molecule has 0 aromatic heterocycles. The molecule has 0 saturated carbocycles. The molecular formula is C19H32IN3O3S. The van der Waals surface area contributed by atoms with Crippen LogP contribution < -0.4 is 10.6 Å². The Labute approximate surface area is 182 Å². The third kappa shape index (κ3) is 10.4. The zero-order valence-corrected chi connectivity index (χ0v) is 19.3. The molecule has 0 spiro atoms. The molecule has 0 radical (unpaired) electrons. The Hall–Kier alpha value is -0.710. The quantitative estimate of drug-likeness (QED) is 0.288. The fourth-order valence-corrected chi connectivity index (χ4v) is 3.61. The molecule has 8 heteroatoms. The van der Waals surface area contributed by atoms with E-state index in [0.29, 0.717) is 31.3 Å². The van der Waals surface area contributed by atoms with Crippen LogP contribution >= 0.6 is 24.0 Å². The van der Waals surface area contributed by atoms with E-state index in [1.807, 2.05) is 37.3 Å². The zero-order chi connectivity index (χ0) is 18.6. The molecule has 1 heterocycles. The van der Waals surface area contributed by atoms with E-state index in [-0.39, 0.29) is 36.1 Å². The summed E-state index contributed by atoms with van der Waals surface area (Å²) in [6.45, 7) is 7.49. The van der Waals surface area contributed by atoms with E-state index in [0.717, 1.165) is 31.1 Å². The summed E-state index contributed by atoms with van der Waals surface area (Å²) in [4.78, 5) is 4.54. The van der Waals surface area contributed by atoms with Gasteiger partial charge in [-0.25, -0.2) is 0 Å². The first-order chi connectivity index (χ1) is 12.7. The largest absolute Gasteiger partial charge is 0.379 e. The average Bonchev–Trinajstić information content (AvgIpc) is 3.14. The lowest BCUT2D eigenvalue weighted by molar-refractivity contribution is 0.0347. The predicted octanol–water partition coefficient (Wildman–Crippen LogP) is 2.30. The van der Waals surface area contributed by atoms with Crippen molar-refractivity contribution in [1.82, 2.24) is 10.6 Å². The Morgan fingerprint density at radius 3 is 2.85 bits per heavy atom. The molecule has 1 fully saturated rings. The SMILES string of the molecule is CCNC(=NCCS(=O)Cc1ccccc1)NC(C)COC1CCOC1.I. The summed E-state index contributed by atoms with van der Waals surface area (Å²) >= 11 is 0. The maximum absolute atomic E-state index is 12.2. The summed E-state index contributed by atoms with van der Waals surface area (Å²) in [5.41, 5.74) is 1.10. The summed E-state index contributed by atoms with van der Waals surface area (Å²) in [7, 11) is -0.910. The van der Waals surface area contributed by atoms with Crippen LogP contribution in [0.15, 0.2) is 35.3 Å². The smallest absolute Gasteiger partial charge is 0.191 e. The standard InChI is InChI=1S/C19H31N3O3S.HI/c1-3-20-19(22-16(2)13-25-18-9-11-24-14-18)21-10-12-26(23)15-17-7-5-4-6-8-17;/h4-8,16,18H,3,9-15H2,1-2H3,(H2,20,21,22);1H. The van der Waals surface area contributed by atoms with Crippen LogP contribution in [0.3, 0.4) is 0 Å². The van der Waals surface area contributed by atoms with Crippen molar-refractivity contribution in [1.29, 1.82) is 0 Å². The van der Waals surface area contributed by atoms with Gasteiger partial charge in [0.2, 0.25) is 0 Å². The summed E-state index contributed by atoms with van der Waals surface area (Å²) in [5.74, 6) is 1.87. The van der Waals surface area contributed by atoms with Crippen LogP contribution in [-0.4, -0.2) is 61.0 Å². The minimum Gasteiger partial charge on any atom is -0.379 e. The molecule has 2 rings (SSSR count). The summed E-state index contributed by atoms with van der Waals surface area (Å²) in [5, 5.41) is 6.56. The monoisotopic (exact) mass is 509 g/mol. The maximum atomic E-state index is 12.2. The van der Waals surface area contributed by atoms with Gasteiger partial charge in [0, 0.05) is 41.5 Å². The minimum atomic E-state index is -0.910. The topological polar surface area (TPSA) is 72.0 Å². The second kappa shape index (κ2) is 14.3. The molecule has 1 aliphatic heterocycles. The first-order valence-electron chi connectivity index (χ1n) is 9.30. The lowest BCUT2D eigenvalue weighted by Crippen LogP contribution is -2.44. The van der Waals surface area contributed by atoms with Gasteiger partial charge in [0.25, 0.3) is 0 Å². The van der Waals surface area contributed by atoms with Crippen LogP contribution in [0.4, 0.5) is 0 Å². The summed E-state index contributed by atoms with van der Waals surface area (Å²) < 4.78 is 23.3. The van der Waals surface area contributed by atoms with Gasteiger partial charge in [0.15, 0.2) is 5.96 Å². The molecule has 1 saturated heterocycles. The zero-order valence-electron chi connectivity index (χ0n) is 16.2. The number of hydrogen-bond acceptors (Lipinski definition) is 4. The van der Waals surface area contributed by atoms with Crippen molar-refractivity contribution in [2.75, 3.05) is 38.7 Å². The van der Waals surface area contributed by atoms with Crippen LogP contribution in [0, 0.1) is 0 Å².